The number of rotatable bonds is 5. The normalized spacial score (nSPS) is 18.3. The Hall–Kier alpha value is -1.63. The fourth-order valence-electron chi connectivity index (χ4n) is 2.05. The molecule has 0 aromatic heterocycles. The Morgan fingerprint density at radius 1 is 1.28 bits per heavy atom. The number of hydrogen-bond donors (Lipinski definition) is 0. The van der Waals surface area contributed by atoms with Gasteiger partial charge in [-0.2, -0.15) is 5.06 Å². The Balaban J connectivity index is 1.83. The lowest BCUT2D eigenvalue weighted by Crippen LogP contribution is -2.45. The number of hydroxylamine groups is 2. The van der Waals surface area contributed by atoms with E-state index in [4.69, 9.17) is 14.0 Å². The van der Waals surface area contributed by atoms with Gasteiger partial charge in [0, 0.05) is 0 Å². The number of amides is 1. The van der Waals surface area contributed by atoms with E-state index in [2.05, 4.69) is 33.9 Å². The van der Waals surface area contributed by atoms with E-state index >= 15 is 0 Å². The fraction of sp³-hybridized carbons (Fsp3) is 0.526. The maximum Gasteiger partial charge on any atom is 0.434 e. The van der Waals surface area contributed by atoms with E-state index in [0.717, 1.165) is 5.56 Å². The van der Waals surface area contributed by atoms with Crippen LogP contribution in [0.3, 0.4) is 0 Å². The van der Waals surface area contributed by atoms with Crippen molar-refractivity contribution < 1.29 is 18.8 Å². The maximum absolute atomic E-state index is 12.2. The molecule has 1 aromatic carbocycles. The van der Waals surface area contributed by atoms with Crippen molar-refractivity contribution in [3.8, 4) is 0 Å². The van der Waals surface area contributed by atoms with Crippen LogP contribution in [-0.2, 0) is 20.6 Å². The number of carbonyl (C=O) groups excluding carboxylic acids is 1. The Morgan fingerprint density at radius 3 is 2.60 bits per heavy atom. The molecule has 0 saturated carbocycles. The van der Waals surface area contributed by atoms with Crippen LogP contribution in [0.1, 0.15) is 26.3 Å². The van der Waals surface area contributed by atoms with Gasteiger partial charge in [-0.3, -0.25) is 4.84 Å². The summed E-state index contributed by atoms with van der Waals surface area (Å²) in [6, 6.07) is 9.59. The molecule has 1 aliphatic heterocycles. The van der Waals surface area contributed by atoms with Crippen molar-refractivity contribution in [3.63, 3.8) is 0 Å². The highest BCUT2D eigenvalue weighted by Gasteiger charge is 2.38. The molecule has 0 radical (unpaired) electrons. The molecule has 0 aliphatic carbocycles. The van der Waals surface area contributed by atoms with Gasteiger partial charge in [0.1, 0.15) is 12.7 Å². The third-order valence-corrected chi connectivity index (χ3v) is 9.21. The summed E-state index contributed by atoms with van der Waals surface area (Å²) in [5.74, 6) is 0. The Morgan fingerprint density at radius 2 is 1.96 bits per heavy atom. The van der Waals surface area contributed by atoms with E-state index in [9.17, 15) is 4.79 Å². The van der Waals surface area contributed by atoms with Gasteiger partial charge in [-0.05, 0) is 23.7 Å². The topological polar surface area (TPSA) is 48.0 Å². The SMILES string of the molecule is CC(C)(C)[Si](C)(C)OCC1C=CCN(C(=O)OCc2ccccc2)O1. The van der Waals surface area contributed by atoms with Gasteiger partial charge >= 0.3 is 6.09 Å². The van der Waals surface area contributed by atoms with Gasteiger partial charge in [0.05, 0.1) is 13.2 Å². The van der Waals surface area contributed by atoms with Crippen molar-refractivity contribution in [1.29, 1.82) is 0 Å². The number of benzene rings is 1. The van der Waals surface area contributed by atoms with Gasteiger partial charge in [-0.25, -0.2) is 4.79 Å². The molecule has 1 heterocycles. The summed E-state index contributed by atoms with van der Waals surface area (Å²) in [7, 11) is -1.85. The molecule has 1 aromatic rings. The second-order valence-corrected chi connectivity index (χ2v) is 12.6. The lowest BCUT2D eigenvalue weighted by atomic mass is 10.2. The molecule has 6 heteroatoms. The molecule has 0 saturated heterocycles. The summed E-state index contributed by atoms with van der Waals surface area (Å²) in [5.41, 5.74) is 0.946. The van der Waals surface area contributed by atoms with Crippen molar-refractivity contribution in [2.24, 2.45) is 0 Å². The van der Waals surface area contributed by atoms with Crippen LogP contribution in [0.5, 0.6) is 0 Å². The summed E-state index contributed by atoms with van der Waals surface area (Å²) in [4.78, 5) is 17.9. The maximum atomic E-state index is 12.2. The first-order chi connectivity index (χ1) is 11.7. The Bertz CT molecular complexity index is 595. The fourth-order valence-corrected chi connectivity index (χ4v) is 3.07. The molecule has 0 bridgehead atoms. The van der Waals surface area contributed by atoms with Gasteiger partial charge in [0.2, 0.25) is 0 Å². The first-order valence-corrected chi connectivity index (χ1v) is 11.6. The van der Waals surface area contributed by atoms with Crippen LogP contribution in [-0.4, -0.2) is 38.7 Å². The van der Waals surface area contributed by atoms with Crippen LogP contribution < -0.4 is 0 Å². The van der Waals surface area contributed by atoms with E-state index in [-0.39, 0.29) is 17.7 Å². The molecule has 0 N–H and O–H groups in total. The average Bonchev–Trinajstić information content (AvgIpc) is 2.58. The number of hydrogen-bond acceptors (Lipinski definition) is 4. The molecule has 1 amide bonds. The van der Waals surface area contributed by atoms with Gasteiger partial charge in [-0.15, -0.1) is 0 Å². The summed E-state index contributed by atoms with van der Waals surface area (Å²) in [6.07, 6.45) is 3.10. The van der Waals surface area contributed by atoms with Gasteiger partial charge in [-0.1, -0.05) is 63.3 Å². The van der Waals surface area contributed by atoms with Crippen molar-refractivity contribution in [1.82, 2.24) is 5.06 Å². The van der Waals surface area contributed by atoms with Crippen molar-refractivity contribution in [3.05, 3.63) is 48.0 Å². The zero-order chi connectivity index (χ0) is 18.5. The third-order valence-electron chi connectivity index (χ3n) is 4.71. The number of nitrogens with zero attached hydrogens (tertiary/aromatic N) is 1. The standard InChI is InChI=1S/C19H29NO4Si/c1-19(2,3)25(4,5)23-15-17-12-9-13-20(24-17)18(21)22-14-16-10-7-6-8-11-16/h6-12,17H,13-15H2,1-5H3. The molecule has 0 spiro atoms. The van der Waals surface area contributed by atoms with Crippen LogP contribution >= 0.6 is 0 Å². The van der Waals surface area contributed by atoms with Crippen molar-refractivity contribution in [2.45, 2.75) is 51.6 Å². The molecular formula is C19H29NO4Si. The molecule has 138 valence electrons. The van der Waals surface area contributed by atoms with E-state index in [1.165, 1.54) is 5.06 Å². The summed E-state index contributed by atoms with van der Waals surface area (Å²) < 4.78 is 11.5. The quantitative estimate of drug-likeness (QED) is 0.570. The molecule has 1 aliphatic rings. The smallest absolute Gasteiger partial charge is 0.434 e. The van der Waals surface area contributed by atoms with E-state index in [1.54, 1.807) is 0 Å². The summed E-state index contributed by atoms with van der Waals surface area (Å²) in [5, 5.41) is 1.39. The van der Waals surface area contributed by atoms with Crippen LogP contribution in [0.15, 0.2) is 42.5 Å². The largest absolute Gasteiger partial charge is 0.443 e. The first-order valence-electron chi connectivity index (χ1n) is 8.65. The van der Waals surface area contributed by atoms with Gasteiger partial charge in [0.25, 0.3) is 0 Å². The Kier molecular flexibility index (Phi) is 6.43. The van der Waals surface area contributed by atoms with E-state index in [1.807, 2.05) is 42.5 Å². The highest BCUT2D eigenvalue weighted by molar-refractivity contribution is 6.74. The van der Waals surface area contributed by atoms with Crippen molar-refractivity contribution in [2.75, 3.05) is 13.2 Å². The molecule has 2 rings (SSSR count). The summed E-state index contributed by atoms with van der Waals surface area (Å²) in [6.45, 7) is 12.0. The lowest BCUT2D eigenvalue weighted by molar-refractivity contribution is -0.169. The number of carbonyl (C=O) groups is 1. The van der Waals surface area contributed by atoms with Crippen LogP contribution in [0, 0.1) is 0 Å². The Labute approximate surface area is 151 Å². The lowest BCUT2D eigenvalue weighted by Gasteiger charge is -2.37. The number of ether oxygens (including phenoxy) is 1. The van der Waals surface area contributed by atoms with Crippen LogP contribution in [0.4, 0.5) is 4.79 Å². The minimum absolute atomic E-state index is 0.139. The zero-order valence-corrected chi connectivity index (χ0v) is 16.8. The molecule has 1 atom stereocenters. The molecule has 5 nitrogen and oxygen atoms in total. The van der Waals surface area contributed by atoms with Crippen molar-refractivity contribution >= 4 is 14.4 Å². The minimum Gasteiger partial charge on any atom is -0.443 e. The summed E-state index contributed by atoms with van der Waals surface area (Å²) >= 11 is 0. The van der Waals surface area contributed by atoms with Gasteiger partial charge < -0.3 is 9.16 Å². The highest BCUT2D eigenvalue weighted by Crippen LogP contribution is 2.36. The predicted molar refractivity (Wildman–Crippen MR) is 100 cm³/mol. The van der Waals surface area contributed by atoms with Crippen LogP contribution in [0.25, 0.3) is 0 Å². The first kappa shape index (κ1) is 19.7. The second-order valence-electron chi connectivity index (χ2n) is 7.74. The zero-order valence-electron chi connectivity index (χ0n) is 15.8. The molecular weight excluding hydrogens is 334 g/mol. The second kappa shape index (κ2) is 8.16. The molecule has 25 heavy (non-hydrogen) atoms. The van der Waals surface area contributed by atoms with E-state index in [0.29, 0.717) is 13.2 Å². The molecule has 1 unspecified atom stereocenters. The van der Waals surface area contributed by atoms with Crippen LogP contribution in [0.2, 0.25) is 18.1 Å². The average molecular weight is 364 g/mol. The molecule has 0 fully saturated rings. The third kappa shape index (κ3) is 5.69. The van der Waals surface area contributed by atoms with E-state index < -0.39 is 14.4 Å². The highest BCUT2D eigenvalue weighted by atomic mass is 28.4. The predicted octanol–water partition coefficient (Wildman–Crippen LogP) is 4.52. The minimum atomic E-state index is -1.85. The van der Waals surface area contributed by atoms with Gasteiger partial charge in [0.15, 0.2) is 8.32 Å². The monoisotopic (exact) mass is 363 g/mol.